The standard InChI is InChI=1S/C17H18N4O2S/c1-20(10-12-7-8-24-11-12)17(23)14-9-15(16(18)22)21(19-14)13-5-3-2-4-6-13/h2-8,11,15H,9-10H2,1H3,(H2,18,22)/t15-/m1/s1. The number of hydrogen-bond acceptors (Lipinski definition) is 5. The monoisotopic (exact) mass is 342 g/mol. The number of hydrogen-bond donors (Lipinski definition) is 1. The Labute approximate surface area is 144 Å². The molecule has 2 aromatic rings. The Morgan fingerprint density at radius 1 is 1.33 bits per heavy atom. The predicted octanol–water partition coefficient (Wildman–Crippen LogP) is 1.83. The van der Waals surface area contributed by atoms with Crippen molar-refractivity contribution < 1.29 is 9.59 Å². The minimum Gasteiger partial charge on any atom is -0.368 e. The molecule has 0 unspecified atom stereocenters. The number of rotatable bonds is 5. The van der Waals surface area contributed by atoms with Crippen molar-refractivity contribution in [2.24, 2.45) is 10.8 Å². The van der Waals surface area contributed by atoms with Gasteiger partial charge in [-0.3, -0.25) is 14.6 Å². The van der Waals surface area contributed by atoms with E-state index in [4.69, 9.17) is 5.73 Å². The van der Waals surface area contributed by atoms with Gasteiger partial charge in [-0.1, -0.05) is 18.2 Å². The van der Waals surface area contributed by atoms with Gasteiger partial charge in [0.15, 0.2) is 0 Å². The highest BCUT2D eigenvalue weighted by Gasteiger charge is 2.35. The molecule has 0 aliphatic carbocycles. The van der Waals surface area contributed by atoms with Gasteiger partial charge >= 0.3 is 0 Å². The van der Waals surface area contributed by atoms with Gasteiger partial charge in [-0.05, 0) is 34.5 Å². The topological polar surface area (TPSA) is 79.0 Å². The number of hydrazone groups is 1. The lowest BCUT2D eigenvalue weighted by atomic mass is 10.1. The maximum Gasteiger partial charge on any atom is 0.270 e. The van der Waals surface area contributed by atoms with Crippen LogP contribution in [0.2, 0.25) is 0 Å². The Morgan fingerprint density at radius 3 is 2.71 bits per heavy atom. The van der Waals surface area contributed by atoms with Crippen LogP contribution in [0.5, 0.6) is 0 Å². The van der Waals surface area contributed by atoms with E-state index in [1.165, 1.54) is 5.01 Å². The zero-order valence-corrected chi connectivity index (χ0v) is 14.1. The van der Waals surface area contributed by atoms with Crippen LogP contribution in [0.1, 0.15) is 12.0 Å². The number of para-hydroxylation sites is 1. The second kappa shape index (κ2) is 6.84. The van der Waals surface area contributed by atoms with Gasteiger partial charge in [0.2, 0.25) is 5.91 Å². The molecule has 2 heterocycles. The number of thiophene rings is 1. The van der Waals surface area contributed by atoms with E-state index in [1.807, 2.05) is 47.2 Å². The quantitative estimate of drug-likeness (QED) is 0.900. The highest BCUT2D eigenvalue weighted by molar-refractivity contribution is 7.07. The molecule has 0 saturated heterocycles. The SMILES string of the molecule is CN(Cc1ccsc1)C(=O)C1=NN(c2ccccc2)[C@@H](C(N)=O)C1. The number of primary amides is 1. The summed E-state index contributed by atoms with van der Waals surface area (Å²) in [7, 11) is 1.73. The molecule has 1 aromatic heterocycles. The van der Waals surface area contributed by atoms with Crippen LogP contribution < -0.4 is 10.7 Å². The van der Waals surface area contributed by atoms with Crippen molar-refractivity contribution in [2.45, 2.75) is 19.0 Å². The fourth-order valence-corrected chi connectivity index (χ4v) is 3.29. The third-order valence-electron chi connectivity index (χ3n) is 3.85. The van der Waals surface area contributed by atoms with Gasteiger partial charge in [-0.2, -0.15) is 16.4 Å². The molecule has 1 atom stereocenters. The molecule has 0 saturated carbocycles. The minimum atomic E-state index is -0.638. The van der Waals surface area contributed by atoms with Crippen LogP contribution >= 0.6 is 11.3 Å². The average molecular weight is 342 g/mol. The lowest BCUT2D eigenvalue weighted by Gasteiger charge is -2.20. The fourth-order valence-electron chi connectivity index (χ4n) is 2.63. The van der Waals surface area contributed by atoms with Gasteiger partial charge in [0, 0.05) is 20.0 Å². The zero-order chi connectivity index (χ0) is 17.1. The van der Waals surface area contributed by atoms with Crippen molar-refractivity contribution in [3.8, 4) is 0 Å². The summed E-state index contributed by atoms with van der Waals surface area (Å²) in [6, 6.07) is 10.6. The van der Waals surface area contributed by atoms with Crippen molar-refractivity contribution in [1.82, 2.24) is 4.90 Å². The van der Waals surface area contributed by atoms with E-state index in [0.717, 1.165) is 11.3 Å². The average Bonchev–Trinajstić information content (AvgIpc) is 3.24. The molecule has 0 fully saturated rings. The van der Waals surface area contributed by atoms with Crippen molar-refractivity contribution in [3.63, 3.8) is 0 Å². The van der Waals surface area contributed by atoms with E-state index < -0.39 is 11.9 Å². The Kier molecular flexibility index (Phi) is 4.61. The third kappa shape index (κ3) is 3.30. The Hall–Kier alpha value is -2.67. The van der Waals surface area contributed by atoms with Crippen LogP contribution in [0.15, 0.2) is 52.3 Å². The summed E-state index contributed by atoms with van der Waals surface area (Å²) in [5, 5.41) is 9.88. The van der Waals surface area contributed by atoms with Gasteiger partial charge in [-0.25, -0.2) is 0 Å². The second-order valence-corrected chi connectivity index (χ2v) is 6.42. The summed E-state index contributed by atoms with van der Waals surface area (Å²) in [5.74, 6) is -0.684. The highest BCUT2D eigenvalue weighted by atomic mass is 32.1. The Balaban J connectivity index is 1.80. The summed E-state index contributed by atoms with van der Waals surface area (Å²) < 4.78 is 0. The smallest absolute Gasteiger partial charge is 0.270 e. The minimum absolute atomic E-state index is 0.189. The van der Waals surface area contributed by atoms with E-state index in [1.54, 1.807) is 23.3 Å². The molecular formula is C17H18N4O2S. The van der Waals surface area contributed by atoms with Gasteiger partial charge in [0.25, 0.3) is 5.91 Å². The normalized spacial score (nSPS) is 16.8. The Morgan fingerprint density at radius 2 is 2.08 bits per heavy atom. The van der Waals surface area contributed by atoms with Crippen molar-refractivity contribution in [3.05, 3.63) is 52.7 Å². The van der Waals surface area contributed by atoms with E-state index >= 15 is 0 Å². The summed E-state index contributed by atoms with van der Waals surface area (Å²) in [5.41, 5.74) is 7.65. The number of amides is 2. The van der Waals surface area contributed by atoms with Crippen molar-refractivity contribution in [2.75, 3.05) is 12.1 Å². The van der Waals surface area contributed by atoms with Gasteiger partial charge < -0.3 is 10.6 Å². The fraction of sp³-hybridized carbons (Fsp3) is 0.235. The lowest BCUT2D eigenvalue weighted by molar-refractivity contribution is -0.123. The predicted molar refractivity (Wildman–Crippen MR) is 94.7 cm³/mol. The van der Waals surface area contributed by atoms with E-state index in [2.05, 4.69) is 5.10 Å². The first-order valence-corrected chi connectivity index (χ1v) is 8.48. The van der Waals surface area contributed by atoms with E-state index in [0.29, 0.717) is 12.3 Å². The number of carbonyl (C=O) groups is 2. The number of nitrogens with zero attached hydrogens (tertiary/aromatic N) is 3. The molecule has 2 N–H and O–H groups in total. The maximum absolute atomic E-state index is 12.6. The van der Waals surface area contributed by atoms with Gasteiger partial charge in [0.05, 0.1) is 5.69 Å². The molecule has 1 aliphatic rings. The summed E-state index contributed by atoms with van der Waals surface area (Å²) >= 11 is 1.59. The summed E-state index contributed by atoms with van der Waals surface area (Å²) in [6.45, 7) is 0.508. The molecule has 6 nitrogen and oxygen atoms in total. The van der Waals surface area contributed by atoms with Crippen molar-refractivity contribution >= 4 is 34.6 Å². The van der Waals surface area contributed by atoms with Crippen LogP contribution in [-0.4, -0.2) is 35.5 Å². The number of benzene rings is 1. The van der Waals surface area contributed by atoms with Crippen molar-refractivity contribution in [1.29, 1.82) is 0 Å². The molecule has 1 aromatic carbocycles. The molecule has 0 radical (unpaired) electrons. The molecule has 7 heteroatoms. The lowest BCUT2D eigenvalue weighted by Crippen LogP contribution is -2.40. The molecule has 0 bridgehead atoms. The highest BCUT2D eigenvalue weighted by Crippen LogP contribution is 2.25. The van der Waals surface area contributed by atoms with Crippen LogP contribution in [0.3, 0.4) is 0 Å². The first-order valence-electron chi connectivity index (χ1n) is 7.54. The van der Waals surface area contributed by atoms with Crippen LogP contribution in [0.4, 0.5) is 5.69 Å². The molecule has 24 heavy (non-hydrogen) atoms. The summed E-state index contributed by atoms with van der Waals surface area (Å²) in [6.07, 6.45) is 0.219. The zero-order valence-electron chi connectivity index (χ0n) is 13.3. The van der Waals surface area contributed by atoms with Gasteiger partial charge in [0.1, 0.15) is 11.8 Å². The largest absolute Gasteiger partial charge is 0.368 e. The molecule has 0 spiro atoms. The third-order valence-corrected chi connectivity index (χ3v) is 4.58. The van der Waals surface area contributed by atoms with Crippen LogP contribution in [0, 0.1) is 0 Å². The van der Waals surface area contributed by atoms with E-state index in [-0.39, 0.29) is 12.3 Å². The van der Waals surface area contributed by atoms with Gasteiger partial charge in [-0.15, -0.1) is 0 Å². The molecule has 1 aliphatic heterocycles. The number of anilines is 1. The van der Waals surface area contributed by atoms with E-state index in [9.17, 15) is 9.59 Å². The molecular weight excluding hydrogens is 324 g/mol. The number of carbonyl (C=O) groups excluding carboxylic acids is 2. The van der Waals surface area contributed by atoms with Crippen LogP contribution in [-0.2, 0) is 16.1 Å². The molecule has 2 amide bonds. The number of nitrogens with two attached hydrogens (primary N) is 1. The molecule has 3 rings (SSSR count). The second-order valence-electron chi connectivity index (χ2n) is 5.64. The van der Waals surface area contributed by atoms with Crippen LogP contribution in [0.25, 0.3) is 0 Å². The first kappa shape index (κ1) is 16.2. The Bertz CT molecular complexity index is 758. The molecule has 124 valence electrons. The summed E-state index contributed by atoms with van der Waals surface area (Å²) in [4.78, 5) is 26.0. The maximum atomic E-state index is 12.6. The first-order chi connectivity index (χ1) is 11.6.